The van der Waals surface area contributed by atoms with Crippen LogP contribution in [0.2, 0.25) is 0 Å². The summed E-state index contributed by atoms with van der Waals surface area (Å²) >= 11 is 1.55. The van der Waals surface area contributed by atoms with Crippen molar-refractivity contribution in [3.8, 4) is 11.3 Å². The summed E-state index contributed by atoms with van der Waals surface area (Å²) in [6.07, 6.45) is 3.86. The Labute approximate surface area is 182 Å². The molecule has 0 bridgehead atoms. The van der Waals surface area contributed by atoms with Crippen molar-refractivity contribution in [2.45, 2.75) is 11.8 Å². The van der Waals surface area contributed by atoms with Crippen LogP contribution in [0.5, 0.6) is 0 Å². The molecule has 2 heterocycles. The first-order chi connectivity index (χ1) is 14.8. The van der Waals surface area contributed by atoms with Gasteiger partial charge in [-0.25, -0.2) is 18.1 Å². The van der Waals surface area contributed by atoms with Crippen LogP contribution in [0.25, 0.3) is 16.2 Å². The average molecular weight is 455 g/mol. The zero-order valence-corrected chi connectivity index (χ0v) is 18.0. The number of imidazole rings is 1. The molecule has 2 aromatic carbocycles. The van der Waals surface area contributed by atoms with Gasteiger partial charge < -0.3 is 5.32 Å². The second-order valence-electron chi connectivity index (χ2n) is 6.75. The summed E-state index contributed by atoms with van der Waals surface area (Å²) in [5.74, 6) is -0.658. The molecule has 8 nitrogen and oxygen atoms in total. The van der Waals surface area contributed by atoms with Gasteiger partial charge >= 0.3 is 0 Å². The third-order valence-electron chi connectivity index (χ3n) is 4.55. The zero-order chi connectivity index (χ0) is 22.0. The maximum Gasteiger partial charge on any atom is 0.241 e. The fraction of sp³-hybridized carbons (Fsp3) is 0.0952. The second kappa shape index (κ2) is 8.42. The number of benzene rings is 2. The predicted molar refractivity (Wildman–Crippen MR) is 119 cm³/mol. The number of amides is 1. The lowest BCUT2D eigenvalue weighted by Gasteiger charge is -2.09. The molecule has 0 fully saturated rings. The van der Waals surface area contributed by atoms with Crippen LogP contribution >= 0.6 is 11.3 Å². The molecule has 2 N–H and O–H groups in total. The minimum atomic E-state index is -3.87. The van der Waals surface area contributed by atoms with Crippen molar-refractivity contribution in [1.82, 2.24) is 14.1 Å². The van der Waals surface area contributed by atoms with E-state index in [2.05, 4.69) is 15.0 Å². The average Bonchev–Trinajstić information content (AvgIpc) is 3.35. The molecule has 0 atom stereocenters. The predicted octanol–water partition coefficient (Wildman–Crippen LogP) is 3.18. The molecule has 158 valence electrons. The van der Waals surface area contributed by atoms with Gasteiger partial charge in [0.05, 0.1) is 17.1 Å². The monoisotopic (exact) mass is 454 g/mol. The van der Waals surface area contributed by atoms with Crippen molar-refractivity contribution in [1.29, 1.82) is 0 Å². The van der Waals surface area contributed by atoms with Crippen LogP contribution in [0.1, 0.15) is 17.3 Å². The minimum absolute atomic E-state index is 0.0189. The topological polar surface area (TPSA) is 110 Å². The molecule has 4 rings (SSSR count). The number of aromatic nitrogens is 2. The lowest BCUT2D eigenvalue weighted by Crippen LogP contribution is -2.32. The zero-order valence-electron chi connectivity index (χ0n) is 16.4. The molecule has 0 spiro atoms. The van der Waals surface area contributed by atoms with Gasteiger partial charge in [0.2, 0.25) is 15.9 Å². The largest absolute Gasteiger partial charge is 0.325 e. The summed E-state index contributed by atoms with van der Waals surface area (Å²) in [6, 6.07) is 12.7. The highest BCUT2D eigenvalue weighted by molar-refractivity contribution is 7.89. The van der Waals surface area contributed by atoms with E-state index in [-0.39, 0.29) is 10.7 Å². The number of carbonyl (C=O) groups is 2. The smallest absolute Gasteiger partial charge is 0.241 e. The third-order valence-corrected chi connectivity index (χ3v) is 6.74. The normalized spacial score (nSPS) is 11.5. The highest BCUT2D eigenvalue weighted by atomic mass is 32.2. The number of anilines is 1. The van der Waals surface area contributed by atoms with E-state index in [4.69, 9.17) is 0 Å². The van der Waals surface area contributed by atoms with Crippen molar-refractivity contribution in [3.05, 3.63) is 71.9 Å². The Balaban J connectivity index is 1.36. The van der Waals surface area contributed by atoms with Gasteiger partial charge in [-0.05, 0) is 31.2 Å². The molecule has 0 aliphatic carbocycles. The SMILES string of the molecule is CC(=O)c1ccc(S(=O)(=O)NCC(=O)Nc2ccc(-c3cn4ccsc4n3)cc2)cc1. The number of nitrogens with zero attached hydrogens (tertiary/aromatic N) is 2. The summed E-state index contributed by atoms with van der Waals surface area (Å²) in [7, 11) is -3.87. The number of carbonyl (C=O) groups excluding carboxylic acids is 2. The first kappa shape index (κ1) is 20.9. The minimum Gasteiger partial charge on any atom is -0.325 e. The van der Waals surface area contributed by atoms with Crippen molar-refractivity contribution >= 4 is 43.7 Å². The molecule has 0 aliphatic heterocycles. The fourth-order valence-electron chi connectivity index (χ4n) is 2.91. The van der Waals surface area contributed by atoms with Gasteiger partial charge in [-0.3, -0.25) is 14.0 Å². The molecule has 10 heteroatoms. The van der Waals surface area contributed by atoms with E-state index < -0.39 is 22.5 Å². The summed E-state index contributed by atoms with van der Waals surface area (Å²) in [6.45, 7) is 0.979. The highest BCUT2D eigenvalue weighted by Gasteiger charge is 2.16. The molecule has 4 aromatic rings. The number of sulfonamides is 1. The van der Waals surface area contributed by atoms with Crippen molar-refractivity contribution in [2.75, 3.05) is 11.9 Å². The van der Waals surface area contributed by atoms with E-state index in [1.54, 1.807) is 23.5 Å². The maximum absolute atomic E-state index is 12.3. The molecule has 31 heavy (non-hydrogen) atoms. The Morgan fingerprint density at radius 2 is 1.77 bits per heavy atom. The van der Waals surface area contributed by atoms with Crippen LogP contribution in [-0.2, 0) is 14.8 Å². The van der Waals surface area contributed by atoms with E-state index in [1.165, 1.54) is 31.2 Å². The van der Waals surface area contributed by atoms with Crippen molar-refractivity contribution < 1.29 is 18.0 Å². The first-order valence-electron chi connectivity index (χ1n) is 9.25. The Morgan fingerprint density at radius 3 is 2.42 bits per heavy atom. The van der Waals surface area contributed by atoms with Gasteiger partial charge in [0, 0.05) is 34.6 Å². The molecule has 0 saturated carbocycles. The van der Waals surface area contributed by atoms with Gasteiger partial charge in [0.25, 0.3) is 0 Å². The van der Waals surface area contributed by atoms with Crippen molar-refractivity contribution in [3.63, 3.8) is 0 Å². The summed E-state index contributed by atoms with van der Waals surface area (Å²) in [4.78, 5) is 28.9. The van der Waals surface area contributed by atoms with Gasteiger partial charge in [-0.2, -0.15) is 0 Å². The number of fused-ring (bicyclic) bond motifs is 1. The number of Topliss-reactive ketones (excluding diaryl/α,β-unsaturated/α-hetero) is 1. The van der Waals surface area contributed by atoms with Crippen molar-refractivity contribution in [2.24, 2.45) is 0 Å². The molecular formula is C21H18N4O4S2. The van der Waals surface area contributed by atoms with E-state index >= 15 is 0 Å². The van der Waals surface area contributed by atoms with Crippen LogP contribution in [0, 0.1) is 0 Å². The van der Waals surface area contributed by atoms with E-state index in [1.807, 2.05) is 34.3 Å². The third kappa shape index (κ3) is 4.71. The standard InChI is InChI=1S/C21H18N4O4S2/c1-14(26)15-4-8-18(9-5-15)31(28,29)22-12-20(27)23-17-6-2-16(3-7-17)19-13-25-10-11-30-21(25)24-19/h2-11,13,22H,12H2,1H3,(H,23,27). The Morgan fingerprint density at radius 1 is 1.06 bits per heavy atom. The Bertz CT molecular complexity index is 1330. The molecular weight excluding hydrogens is 436 g/mol. The van der Waals surface area contributed by atoms with Gasteiger partial charge in [0.1, 0.15) is 0 Å². The summed E-state index contributed by atoms with van der Waals surface area (Å²) < 4.78 is 28.9. The van der Waals surface area contributed by atoms with Gasteiger partial charge in [-0.1, -0.05) is 24.3 Å². The quantitative estimate of drug-likeness (QED) is 0.417. The van der Waals surface area contributed by atoms with Crippen LogP contribution < -0.4 is 10.0 Å². The maximum atomic E-state index is 12.3. The van der Waals surface area contributed by atoms with Crippen LogP contribution in [0.3, 0.4) is 0 Å². The molecule has 0 saturated heterocycles. The lowest BCUT2D eigenvalue weighted by atomic mass is 10.1. The van der Waals surface area contributed by atoms with Crippen LogP contribution in [-0.4, -0.2) is 36.0 Å². The van der Waals surface area contributed by atoms with Crippen LogP contribution in [0.4, 0.5) is 5.69 Å². The molecule has 0 aliphatic rings. The number of rotatable bonds is 7. The van der Waals surface area contributed by atoms with E-state index in [9.17, 15) is 18.0 Å². The molecule has 0 unspecified atom stereocenters. The molecule has 0 radical (unpaired) electrons. The number of ketones is 1. The summed E-state index contributed by atoms with van der Waals surface area (Å²) in [5, 5.41) is 4.61. The highest BCUT2D eigenvalue weighted by Crippen LogP contribution is 2.23. The summed E-state index contributed by atoms with van der Waals surface area (Å²) in [5.41, 5.74) is 2.69. The Hall–Kier alpha value is -3.34. The number of thiazole rings is 1. The molecule has 1 amide bonds. The van der Waals surface area contributed by atoms with E-state index in [0.717, 1.165) is 16.2 Å². The number of hydrogen-bond acceptors (Lipinski definition) is 6. The first-order valence-corrected chi connectivity index (χ1v) is 11.6. The number of nitrogens with one attached hydrogen (secondary N) is 2. The van der Waals surface area contributed by atoms with Gasteiger partial charge in [-0.15, -0.1) is 11.3 Å². The second-order valence-corrected chi connectivity index (χ2v) is 9.39. The Kier molecular flexibility index (Phi) is 5.68. The molecule has 2 aromatic heterocycles. The van der Waals surface area contributed by atoms with Gasteiger partial charge in [0.15, 0.2) is 10.7 Å². The fourth-order valence-corrected chi connectivity index (χ4v) is 4.59. The lowest BCUT2D eigenvalue weighted by molar-refractivity contribution is -0.115. The number of hydrogen-bond donors (Lipinski definition) is 2. The van der Waals surface area contributed by atoms with Crippen LogP contribution in [0.15, 0.2) is 71.2 Å². The van der Waals surface area contributed by atoms with E-state index in [0.29, 0.717) is 11.3 Å².